The molecule has 3 rings (SSSR count). The van der Waals surface area contributed by atoms with Gasteiger partial charge in [-0.15, -0.1) is 0 Å². The lowest BCUT2D eigenvalue weighted by molar-refractivity contribution is -0.671. The minimum absolute atomic E-state index is 0.197. The summed E-state index contributed by atoms with van der Waals surface area (Å²) in [7, 11) is 0. The molecule has 0 aliphatic carbocycles. The Morgan fingerprint density at radius 2 is 1.67 bits per heavy atom. The second-order valence-corrected chi connectivity index (χ2v) is 9.94. The van der Waals surface area contributed by atoms with E-state index in [9.17, 15) is 24.0 Å². The Kier molecular flexibility index (Phi) is 11.0. The van der Waals surface area contributed by atoms with Gasteiger partial charge in [-0.25, -0.2) is 0 Å². The van der Waals surface area contributed by atoms with Crippen LogP contribution in [0.25, 0.3) is 5.69 Å². The number of ether oxygens (including phenoxy) is 5. The van der Waals surface area contributed by atoms with Gasteiger partial charge in [0.1, 0.15) is 17.7 Å². The number of carbonyl (C=O) groups excluding carboxylic acids is 5. The Morgan fingerprint density at radius 3 is 2.21 bits per heavy atom. The van der Waals surface area contributed by atoms with Gasteiger partial charge >= 0.3 is 35.5 Å². The summed E-state index contributed by atoms with van der Waals surface area (Å²) in [6.45, 7) is 5.62. The van der Waals surface area contributed by atoms with Crippen LogP contribution in [0.4, 0.5) is 5.88 Å². The molecule has 232 valence electrons. The number of anilines is 1. The van der Waals surface area contributed by atoms with Crippen molar-refractivity contribution in [1.82, 2.24) is 10.3 Å². The first-order valence-corrected chi connectivity index (χ1v) is 13.3. The second-order valence-electron chi connectivity index (χ2n) is 9.15. The molecule has 1 aliphatic rings. The molecule has 1 aromatic heterocycles. The van der Waals surface area contributed by atoms with E-state index < -0.39 is 66.3 Å². The maximum atomic E-state index is 12.2. The number of benzene rings is 1. The summed E-state index contributed by atoms with van der Waals surface area (Å²) in [5.74, 6) is -3.59. The summed E-state index contributed by atoms with van der Waals surface area (Å²) in [5, 5.41) is 12.5. The molecule has 1 fully saturated rings. The molecule has 1 aromatic carbocycles. The Balaban J connectivity index is 2.11. The number of esters is 4. The number of rotatable bonds is 10. The predicted octanol–water partition coefficient (Wildman–Crippen LogP) is 0.919. The lowest BCUT2D eigenvalue weighted by Crippen LogP contribution is -2.67. The van der Waals surface area contributed by atoms with E-state index in [-0.39, 0.29) is 16.6 Å². The van der Waals surface area contributed by atoms with Crippen LogP contribution in [0, 0.1) is 12.3 Å². The first-order valence-electron chi connectivity index (χ1n) is 12.5. The highest BCUT2D eigenvalue weighted by atomic mass is 35.5. The molecule has 2 heterocycles. The van der Waals surface area contributed by atoms with Gasteiger partial charge in [0.05, 0.1) is 0 Å². The molecule has 1 saturated heterocycles. The van der Waals surface area contributed by atoms with Gasteiger partial charge in [-0.05, 0) is 23.7 Å². The van der Waals surface area contributed by atoms with Crippen LogP contribution in [0.5, 0.6) is 0 Å². The smallest absolute Gasteiger partial charge is 0.345 e. The third-order valence-electron chi connectivity index (χ3n) is 5.78. The van der Waals surface area contributed by atoms with Crippen LogP contribution in [0.3, 0.4) is 0 Å². The van der Waals surface area contributed by atoms with E-state index in [0.717, 1.165) is 42.9 Å². The predicted molar refractivity (Wildman–Crippen MR) is 146 cm³/mol. The van der Waals surface area contributed by atoms with Gasteiger partial charge in [0.25, 0.3) is 5.69 Å². The molecule has 0 bridgehead atoms. The third-order valence-corrected chi connectivity index (χ3v) is 6.28. The number of nitrogens with one attached hydrogen (secondary N) is 2. The number of aldehydes is 1. The van der Waals surface area contributed by atoms with E-state index >= 15 is 0 Å². The van der Waals surface area contributed by atoms with Crippen LogP contribution < -0.4 is 10.1 Å². The zero-order valence-corrected chi connectivity index (χ0v) is 25.1. The standard InChI is InChI=1S/C25H28ClN5O11S/c1-11-6-7-17(16(26)8-11)30-18(9-32)23(42-29-30)28-31(25(27)43)24-22(40-15(5)36)21(39-14(4)35)20(38-13(3)34)19(41-24)10-37-12(2)33/h6-9,19-22,24H,10H2,1-5H3,(H2-,27,28,29,32,43)/t19-,20+,21+,22-,24-/m1/s1. The first-order chi connectivity index (χ1) is 20.2. The fourth-order valence-corrected chi connectivity index (χ4v) is 4.62. The van der Waals surface area contributed by atoms with Gasteiger partial charge in [0.2, 0.25) is 11.6 Å². The lowest BCUT2D eigenvalue weighted by atomic mass is 9.97. The molecule has 16 nitrogen and oxygen atoms in total. The molecule has 2 aromatic rings. The molecule has 43 heavy (non-hydrogen) atoms. The van der Waals surface area contributed by atoms with Gasteiger partial charge in [0.15, 0.2) is 24.5 Å². The van der Waals surface area contributed by atoms with Crippen LogP contribution in [-0.2, 0) is 55.5 Å². The van der Waals surface area contributed by atoms with Crippen LogP contribution in [-0.4, -0.2) is 82.9 Å². The highest BCUT2D eigenvalue weighted by Crippen LogP contribution is 2.32. The minimum Gasteiger partial charge on any atom is -0.741 e. The van der Waals surface area contributed by atoms with Gasteiger partial charge in [0, 0.05) is 38.4 Å². The minimum atomic E-state index is -1.62. The van der Waals surface area contributed by atoms with E-state index in [1.54, 1.807) is 18.2 Å². The molecule has 2 N–H and O–H groups in total. The van der Waals surface area contributed by atoms with Crippen molar-refractivity contribution in [2.75, 3.05) is 12.0 Å². The van der Waals surface area contributed by atoms with Gasteiger partial charge in [-0.3, -0.25) is 38.9 Å². The van der Waals surface area contributed by atoms with E-state index in [0.29, 0.717) is 12.0 Å². The Labute approximate surface area is 255 Å². The lowest BCUT2D eigenvalue weighted by Gasteiger charge is -2.48. The summed E-state index contributed by atoms with van der Waals surface area (Å²) in [4.78, 5) is 60.0. The number of halogens is 1. The van der Waals surface area contributed by atoms with Crippen molar-refractivity contribution in [1.29, 1.82) is 5.41 Å². The highest BCUT2D eigenvalue weighted by Gasteiger charge is 2.54. The second kappa shape index (κ2) is 14.2. The van der Waals surface area contributed by atoms with Crippen molar-refractivity contribution in [2.45, 2.75) is 65.3 Å². The average Bonchev–Trinajstić information content (AvgIpc) is 3.30. The quantitative estimate of drug-likeness (QED) is 0.0541. The number of nitrogens with zero attached hydrogens (tertiary/aromatic N) is 3. The number of carbonyl (C=O) groups is 5. The SMILES string of the molecule is CC(=O)OC[C@H]1O[C@@H](N(Nc2on[n+](-c3ccc(C)cc3Cl)c2C=O)C(=N)[S-])[C@H](OC(C)=O)[C@@H](OC(C)=O)[C@H]1OC(C)=O. The van der Waals surface area contributed by atoms with Crippen molar-refractivity contribution in [3.05, 3.63) is 34.5 Å². The van der Waals surface area contributed by atoms with Crippen molar-refractivity contribution >= 4 is 65.4 Å². The molecule has 0 amide bonds. The Morgan fingerprint density at radius 1 is 1.07 bits per heavy atom. The third kappa shape index (κ3) is 8.14. The van der Waals surface area contributed by atoms with Gasteiger partial charge < -0.3 is 41.7 Å². The number of aryl methyl sites for hydroxylation is 1. The van der Waals surface area contributed by atoms with E-state index in [2.05, 4.69) is 10.7 Å². The molecule has 1 aliphatic heterocycles. The fraction of sp³-hybridized carbons (Fsp3) is 0.440. The Hall–Kier alpha value is -4.35. The van der Waals surface area contributed by atoms with Crippen LogP contribution in [0.2, 0.25) is 5.02 Å². The largest absolute Gasteiger partial charge is 0.741 e. The summed E-state index contributed by atoms with van der Waals surface area (Å²) in [6, 6.07) is 4.97. The maximum absolute atomic E-state index is 12.2. The van der Waals surface area contributed by atoms with Gasteiger partial charge in [-0.2, -0.15) is 0 Å². The molecule has 0 unspecified atom stereocenters. The molecule has 0 radical (unpaired) electrons. The number of aromatic nitrogens is 2. The topological polar surface area (TPSA) is 201 Å². The zero-order valence-electron chi connectivity index (χ0n) is 23.5. The van der Waals surface area contributed by atoms with Crippen molar-refractivity contribution in [3.8, 4) is 5.69 Å². The molecular weight excluding hydrogens is 614 g/mol. The molecule has 0 spiro atoms. The summed E-state index contributed by atoms with van der Waals surface area (Å²) in [5.41, 5.74) is 3.55. The molecule has 0 saturated carbocycles. The van der Waals surface area contributed by atoms with Crippen molar-refractivity contribution in [2.24, 2.45) is 0 Å². The molecular formula is C25H28ClN5O11S. The summed E-state index contributed by atoms with van der Waals surface area (Å²) >= 11 is 11.4. The van der Waals surface area contributed by atoms with Crippen molar-refractivity contribution < 1.29 is 56.9 Å². The van der Waals surface area contributed by atoms with Gasteiger partial charge in [-0.1, -0.05) is 17.7 Å². The fourth-order valence-electron chi connectivity index (χ4n) is 4.16. The summed E-state index contributed by atoms with van der Waals surface area (Å²) < 4.78 is 33.7. The van der Waals surface area contributed by atoms with E-state index in [4.69, 9.17) is 57.8 Å². The average molecular weight is 642 g/mol. The maximum Gasteiger partial charge on any atom is 0.345 e. The van der Waals surface area contributed by atoms with Crippen molar-refractivity contribution in [3.63, 3.8) is 0 Å². The van der Waals surface area contributed by atoms with Crippen LogP contribution in [0.1, 0.15) is 43.7 Å². The monoisotopic (exact) mass is 641 g/mol. The Bertz CT molecular complexity index is 1420. The number of hydrogen-bond donors (Lipinski definition) is 2. The number of hydrazine groups is 1. The molecule has 5 atom stereocenters. The molecule has 18 heteroatoms. The van der Waals surface area contributed by atoms with Crippen LogP contribution >= 0.6 is 11.6 Å². The number of hydrogen-bond acceptors (Lipinski definition) is 15. The van der Waals surface area contributed by atoms with Crippen LogP contribution in [0.15, 0.2) is 22.7 Å². The zero-order chi connectivity index (χ0) is 32.0. The first kappa shape index (κ1) is 33.2. The highest BCUT2D eigenvalue weighted by molar-refractivity contribution is 7.77. The summed E-state index contributed by atoms with van der Waals surface area (Å²) in [6.07, 6.45) is -7.14. The van der Waals surface area contributed by atoms with E-state index in [1.807, 2.05) is 6.92 Å². The normalized spacial score (nSPS) is 21.2. The number of amidine groups is 1. The van der Waals surface area contributed by atoms with E-state index in [1.165, 1.54) is 0 Å².